The zero-order valence-electron chi connectivity index (χ0n) is 16.7. The van der Waals surface area contributed by atoms with E-state index in [9.17, 15) is 13.6 Å². The quantitative estimate of drug-likeness (QED) is 0.734. The number of piperidine rings is 1. The van der Waals surface area contributed by atoms with Gasteiger partial charge < -0.3 is 9.42 Å². The maximum Gasteiger partial charge on any atom is 0.262 e. The minimum atomic E-state index is -2.78. The fourth-order valence-corrected chi connectivity index (χ4v) is 4.84. The lowest BCUT2D eigenvalue weighted by Crippen LogP contribution is -2.48. The summed E-state index contributed by atoms with van der Waals surface area (Å²) in [4.78, 5) is 19.0. The summed E-state index contributed by atoms with van der Waals surface area (Å²) in [7, 11) is 0. The van der Waals surface area contributed by atoms with E-state index >= 15 is 0 Å². The molecule has 2 aliphatic heterocycles. The molecule has 0 aromatic carbocycles. The molecule has 2 unspecified atom stereocenters. The molecule has 1 N–H and O–H groups in total. The first-order chi connectivity index (χ1) is 13.5. The normalized spacial score (nSPS) is 28.0. The summed E-state index contributed by atoms with van der Waals surface area (Å²) in [6.45, 7) is 0.798. The number of hydrogen-bond donors (Lipinski definition) is 1. The summed E-state index contributed by atoms with van der Waals surface area (Å²) >= 11 is 0. The van der Waals surface area contributed by atoms with Crippen molar-refractivity contribution < 1.29 is 18.1 Å². The Balaban J connectivity index is 0.00000240. The second-order valence-electron chi connectivity index (χ2n) is 8.72. The van der Waals surface area contributed by atoms with Crippen molar-refractivity contribution in [3.63, 3.8) is 0 Å². The molecule has 6 nitrogen and oxygen atoms in total. The Bertz CT molecular complexity index is 679. The van der Waals surface area contributed by atoms with E-state index < -0.39 is 24.9 Å². The monoisotopic (exact) mass is 432 g/mol. The predicted octanol–water partition coefficient (Wildman–Crippen LogP) is 3.71. The molecule has 0 radical (unpaired) electrons. The Kier molecular flexibility index (Phi) is 7.48. The zero-order chi connectivity index (χ0) is 19.6. The Morgan fingerprint density at radius 2 is 1.93 bits per heavy atom. The molecule has 1 aromatic rings. The SMILES string of the molecule is Cl.O=C(C1CC(F)(F)CN1)N1CCCC(Cc2nc(C3CCCCCC3)no2)C1. The highest BCUT2D eigenvalue weighted by atomic mass is 35.5. The lowest BCUT2D eigenvalue weighted by atomic mass is 9.94. The first-order valence-electron chi connectivity index (χ1n) is 10.7. The van der Waals surface area contributed by atoms with Crippen molar-refractivity contribution in [2.45, 2.75) is 82.1 Å². The van der Waals surface area contributed by atoms with Gasteiger partial charge in [0.2, 0.25) is 11.8 Å². The first kappa shape index (κ1) is 22.4. The van der Waals surface area contributed by atoms with Crippen LogP contribution in [0.15, 0.2) is 4.52 Å². The van der Waals surface area contributed by atoms with Crippen molar-refractivity contribution in [2.75, 3.05) is 19.6 Å². The molecule has 0 spiro atoms. The van der Waals surface area contributed by atoms with Gasteiger partial charge in [0.15, 0.2) is 5.82 Å². The largest absolute Gasteiger partial charge is 0.341 e. The molecule has 0 bridgehead atoms. The Morgan fingerprint density at radius 3 is 2.62 bits per heavy atom. The van der Waals surface area contributed by atoms with Gasteiger partial charge in [-0.15, -0.1) is 12.4 Å². The number of aromatic nitrogens is 2. The fraction of sp³-hybridized carbons (Fsp3) is 0.850. The van der Waals surface area contributed by atoms with Crippen molar-refractivity contribution in [3.05, 3.63) is 11.7 Å². The van der Waals surface area contributed by atoms with Crippen LogP contribution < -0.4 is 5.32 Å². The lowest BCUT2D eigenvalue weighted by molar-refractivity contribution is -0.135. The van der Waals surface area contributed by atoms with Gasteiger partial charge in [0.1, 0.15) is 0 Å². The van der Waals surface area contributed by atoms with Gasteiger partial charge in [0.25, 0.3) is 5.92 Å². The van der Waals surface area contributed by atoms with Gasteiger partial charge in [0, 0.05) is 31.8 Å². The molecular weight excluding hydrogens is 402 g/mol. The van der Waals surface area contributed by atoms with Crippen molar-refractivity contribution >= 4 is 18.3 Å². The van der Waals surface area contributed by atoms with Crippen LogP contribution in [0.5, 0.6) is 0 Å². The van der Waals surface area contributed by atoms with Gasteiger partial charge in [-0.05, 0) is 31.6 Å². The van der Waals surface area contributed by atoms with Gasteiger partial charge in [0.05, 0.1) is 12.6 Å². The van der Waals surface area contributed by atoms with Crippen molar-refractivity contribution in [2.24, 2.45) is 5.92 Å². The Labute approximate surface area is 176 Å². The van der Waals surface area contributed by atoms with Crippen molar-refractivity contribution in [3.8, 4) is 0 Å². The molecule has 164 valence electrons. The minimum Gasteiger partial charge on any atom is -0.341 e. The number of halogens is 3. The van der Waals surface area contributed by atoms with Crippen LogP contribution in [0.1, 0.15) is 75.4 Å². The third-order valence-corrected chi connectivity index (χ3v) is 6.41. The van der Waals surface area contributed by atoms with Crippen LogP contribution in [0.25, 0.3) is 0 Å². The smallest absolute Gasteiger partial charge is 0.262 e. The predicted molar refractivity (Wildman–Crippen MR) is 106 cm³/mol. The van der Waals surface area contributed by atoms with E-state index in [0.29, 0.717) is 31.3 Å². The molecule has 3 aliphatic rings. The fourth-order valence-electron chi connectivity index (χ4n) is 4.84. The number of nitrogens with one attached hydrogen (secondary N) is 1. The molecule has 9 heteroatoms. The van der Waals surface area contributed by atoms with Crippen LogP contribution in [-0.4, -0.2) is 52.5 Å². The van der Waals surface area contributed by atoms with E-state index in [1.165, 1.54) is 25.7 Å². The molecule has 1 aromatic heterocycles. The molecule has 3 fully saturated rings. The molecule has 3 heterocycles. The van der Waals surface area contributed by atoms with Crippen molar-refractivity contribution in [1.82, 2.24) is 20.4 Å². The number of likely N-dealkylation sites (tertiary alicyclic amines) is 1. The van der Waals surface area contributed by atoms with E-state index in [-0.39, 0.29) is 24.2 Å². The molecule has 2 atom stereocenters. The van der Waals surface area contributed by atoms with Crippen LogP contribution in [0.4, 0.5) is 8.78 Å². The molecule has 4 rings (SSSR count). The maximum absolute atomic E-state index is 13.4. The van der Waals surface area contributed by atoms with Gasteiger partial charge in [-0.3, -0.25) is 10.1 Å². The summed E-state index contributed by atoms with van der Waals surface area (Å²) in [5, 5.41) is 6.89. The minimum absolute atomic E-state index is 0. The molecular formula is C20H31ClF2N4O2. The average Bonchev–Trinajstić information content (AvgIpc) is 3.18. The maximum atomic E-state index is 13.4. The van der Waals surface area contributed by atoms with Crippen LogP contribution in [0.3, 0.4) is 0 Å². The van der Waals surface area contributed by atoms with E-state index in [1.807, 2.05) is 0 Å². The highest BCUT2D eigenvalue weighted by molar-refractivity contribution is 5.85. The van der Waals surface area contributed by atoms with Crippen molar-refractivity contribution in [1.29, 1.82) is 0 Å². The summed E-state index contributed by atoms with van der Waals surface area (Å²) in [5.41, 5.74) is 0. The van der Waals surface area contributed by atoms with Crippen LogP contribution in [-0.2, 0) is 11.2 Å². The van der Waals surface area contributed by atoms with E-state index in [2.05, 4.69) is 15.5 Å². The van der Waals surface area contributed by atoms with Gasteiger partial charge >= 0.3 is 0 Å². The Morgan fingerprint density at radius 1 is 1.17 bits per heavy atom. The number of amides is 1. The summed E-state index contributed by atoms with van der Waals surface area (Å²) in [6, 6.07) is -0.765. The number of carbonyl (C=O) groups is 1. The number of hydrogen-bond acceptors (Lipinski definition) is 5. The zero-order valence-corrected chi connectivity index (χ0v) is 17.6. The van der Waals surface area contributed by atoms with Gasteiger partial charge in [-0.2, -0.15) is 4.98 Å². The molecule has 1 saturated carbocycles. The van der Waals surface area contributed by atoms with E-state index in [1.54, 1.807) is 4.90 Å². The highest BCUT2D eigenvalue weighted by Crippen LogP contribution is 2.31. The second kappa shape index (κ2) is 9.69. The van der Waals surface area contributed by atoms with Gasteiger partial charge in [-0.25, -0.2) is 8.78 Å². The third-order valence-electron chi connectivity index (χ3n) is 6.41. The molecule has 29 heavy (non-hydrogen) atoms. The highest BCUT2D eigenvalue weighted by Gasteiger charge is 2.44. The van der Waals surface area contributed by atoms with Gasteiger partial charge in [-0.1, -0.05) is 30.8 Å². The Hall–Kier alpha value is -1.28. The topological polar surface area (TPSA) is 71.3 Å². The third kappa shape index (κ3) is 5.66. The summed E-state index contributed by atoms with van der Waals surface area (Å²) < 4.78 is 32.3. The second-order valence-corrected chi connectivity index (χ2v) is 8.72. The summed E-state index contributed by atoms with van der Waals surface area (Å²) in [5.74, 6) is -0.872. The lowest BCUT2D eigenvalue weighted by Gasteiger charge is -2.33. The van der Waals surface area contributed by atoms with Crippen LogP contribution in [0, 0.1) is 5.92 Å². The van der Waals surface area contributed by atoms with Crippen LogP contribution in [0.2, 0.25) is 0 Å². The number of alkyl halides is 2. The number of nitrogens with zero attached hydrogens (tertiary/aromatic N) is 3. The van der Waals surface area contributed by atoms with E-state index in [4.69, 9.17) is 4.52 Å². The summed E-state index contributed by atoms with van der Waals surface area (Å²) in [6.07, 6.45) is 9.39. The standard InChI is InChI=1S/C20H30F2N4O2.ClH/c21-20(22)11-16(23-13-20)19(27)26-9-5-6-14(12-26)10-17-24-18(25-28-17)15-7-3-1-2-4-8-15;/h14-16,23H,1-13H2;1H. The average molecular weight is 433 g/mol. The number of carbonyl (C=O) groups excluding carboxylic acids is 1. The molecule has 2 saturated heterocycles. The van der Waals surface area contributed by atoms with Crippen LogP contribution >= 0.6 is 12.4 Å². The molecule has 1 amide bonds. The first-order valence-corrected chi connectivity index (χ1v) is 10.7. The van der Waals surface area contributed by atoms with E-state index in [0.717, 1.165) is 31.5 Å². The molecule has 1 aliphatic carbocycles. The number of rotatable bonds is 4.